The summed E-state index contributed by atoms with van der Waals surface area (Å²) in [5, 5.41) is 3.09. The molecule has 3 aromatic carbocycles. The Morgan fingerprint density at radius 3 is 2.07 bits per heavy atom. The number of sulfonamides is 1. The van der Waals surface area contributed by atoms with Crippen LogP contribution in [-0.4, -0.2) is 43.8 Å². The molecule has 0 saturated heterocycles. The molecule has 230 valence electrons. The van der Waals surface area contributed by atoms with Crippen LogP contribution in [0.3, 0.4) is 0 Å². The van der Waals surface area contributed by atoms with E-state index in [4.69, 9.17) is 0 Å². The highest BCUT2D eigenvalue weighted by Gasteiger charge is 2.33. The number of aryl methyl sites for hydroxylation is 1. The summed E-state index contributed by atoms with van der Waals surface area (Å²) in [6, 6.07) is 18.5. The Kier molecular flexibility index (Phi) is 10.6. The minimum Gasteiger partial charge on any atom is -0.352 e. The second-order valence-electron chi connectivity index (χ2n) is 11.7. The van der Waals surface area contributed by atoms with E-state index in [0.29, 0.717) is 11.3 Å². The van der Waals surface area contributed by atoms with Crippen LogP contribution in [0.5, 0.6) is 0 Å². The summed E-state index contributed by atoms with van der Waals surface area (Å²) in [7, 11) is -4.14. The molecular weight excluding hydrogens is 565 g/mol. The summed E-state index contributed by atoms with van der Waals surface area (Å²) in [5.74, 6) is -1.01. The lowest BCUT2D eigenvalue weighted by Crippen LogP contribution is -2.53. The van der Waals surface area contributed by atoms with Crippen molar-refractivity contribution in [1.82, 2.24) is 10.2 Å². The molecule has 43 heavy (non-hydrogen) atoms. The molecule has 1 atom stereocenters. The fraction of sp³-hybridized carbons (Fsp3) is 0.412. The number of hydrogen-bond donors (Lipinski definition) is 1. The Hall–Kier alpha value is -3.72. The van der Waals surface area contributed by atoms with Crippen LogP contribution in [0.15, 0.2) is 77.7 Å². The molecule has 7 nitrogen and oxygen atoms in total. The molecule has 1 N–H and O–H groups in total. The third-order valence-corrected chi connectivity index (χ3v) is 9.91. The van der Waals surface area contributed by atoms with Crippen LogP contribution in [0.1, 0.15) is 75.5 Å². The maximum Gasteiger partial charge on any atom is 0.264 e. The van der Waals surface area contributed by atoms with Crippen molar-refractivity contribution in [2.24, 2.45) is 0 Å². The quantitative estimate of drug-likeness (QED) is 0.277. The highest BCUT2D eigenvalue weighted by Crippen LogP contribution is 2.27. The van der Waals surface area contributed by atoms with Crippen molar-refractivity contribution >= 4 is 27.5 Å². The van der Waals surface area contributed by atoms with Gasteiger partial charge in [-0.1, -0.05) is 75.1 Å². The predicted molar refractivity (Wildman–Crippen MR) is 168 cm³/mol. The molecule has 0 heterocycles. The lowest BCUT2D eigenvalue weighted by molar-refractivity contribution is -0.139. The molecule has 1 aliphatic rings. The number of benzene rings is 3. The van der Waals surface area contributed by atoms with Crippen LogP contribution in [-0.2, 0) is 26.2 Å². The molecule has 0 unspecified atom stereocenters. The molecule has 0 bridgehead atoms. The molecule has 4 rings (SSSR count). The molecule has 0 aliphatic heterocycles. The summed E-state index contributed by atoms with van der Waals surface area (Å²) in [6.07, 6.45) is 5.00. The van der Waals surface area contributed by atoms with Crippen molar-refractivity contribution < 1.29 is 22.4 Å². The maximum atomic E-state index is 14.1. The first-order valence-electron chi connectivity index (χ1n) is 15.0. The number of hydrogen-bond acceptors (Lipinski definition) is 4. The maximum absolute atomic E-state index is 14.1. The standard InChI is InChI=1S/C34H42FN3O4S/c1-24(2)28-14-18-31(19-15-28)38(43(41,42)32-20-10-25(3)11-21-32)23-33(39)37(22-27-12-16-29(35)17-13-27)26(4)34(40)36-30-8-6-5-7-9-30/h10-21,24,26,30H,5-9,22-23H2,1-4H3,(H,36,40)/t26-/m1/s1. The minimum atomic E-state index is -4.14. The van der Waals surface area contributed by atoms with Crippen LogP contribution < -0.4 is 9.62 Å². The van der Waals surface area contributed by atoms with E-state index in [2.05, 4.69) is 5.32 Å². The van der Waals surface area contributed by atoms with Gasteiger partial charge in [-0.15, -0.1) is 0 Å². The highest BCUT2D eigenvalue weighted by molar-refractivity contribution is 7.92. The van der Waals surface area contributed by atoms with Crippen molar-refractivity contribution in [3.63, 3.8) is 0 Å². The molecule has 1 aliphatic carbocycles. The predicted octanol–water partition coefficient (Wildman–Crippen LogP) is 6.32. The molecule has 0 aromatic heterocycles. The fourth-order valence-electron chi connectivity index (χ4n) is 5.33. The topological polar surface area (TPSA) is 86.8 Å². The first kappa shape index (κ1) is 32.2. The Morgan fingerprint density at radius 2 is 1.49 bits per heavy atom. The molecular formula is C34H42FN3O4S. The lowest BCUT2D eigenvalue weighted by Gasteiger charge is -2.33. The molecule has 1 saturated carbocycles. The Balaban J connectivity index is 1.68. The van der Waals surface area contributed by atoms with Gasteiger partial charge in [0, 0.05) is 12.6 Å². The van der Waals surface area contributed by atoms with Crippen LogP contribution >= 0.6 is 0 Å². The van der Waals surface area contributed by atoms with Gasteiger partial charge >= 0.3 is 0 Å². The van der Waals surface area contributed by atoms with Crippen molar-refractivity contribution in [3.8, 4) is 0 Å². The van der Waals surface area contributed by atoms with E-state index in [1.807, 2.05) is 32.9 Å². The number of halogens is 1. The smallest absolute Gasteiger partial charge is 0.264 e. The average Bonchev–Trinajstić information content (AvgIpc) is 2.99. The van der Waals surface area contributed by atoms with E-state index in [0.717, 1.165) is 47.5 Å². The van der Waals surface area contributed by atoms with E-state index < -0.39 is 34.3 Å². The van der Waals surface area contributed by atoms with Gasteiger partial charge in [0.15, 0.2) is 0 Å². The average molecular weight is 608 g/mol. The molecule has 2 amide bonds. The molecule has 1 fully saturated rings. The second kappa shape index (κ2) is 14.2. The third-order valence-electron chi connectivity index (χ3n) is 8.12. The SMILES string of the molecule is Cc1ccc(S(=O)(=O)N(CC(=O)N(Cc2ccc(F)cc2)[C@H](C)C(=O)NC2CCCCC2)c2ccc(C(C)C)cc2)cc1. The van der Waals surface area contributed by atoms with Crippen molar-refractivity contribution in [2.45, 2.75) is 89.2 Å². The van der Waals surface area contributed by atoms with E-state index in [9.17, 15) is 22.4 Å². The van der Waals surface area contributed by atoms with Gasteiger partial charge in [-0.05, 0) is 80.1 Å². The monoisotopic (exact) mass is 607 g/mol. The Morgan fingerprint density at radius 1 is 0.884 bits per heavy atom. The van der Waals surface area contributed by atoms with Crippen molar-refractivity contribution in [1.29, 1.82) is 0 Å². The zero-order valence-electron chi connectivity index (χ0n) is 25.4. The zero-order valence-corrected chi connectivity index (χ0v) is 26.2. The van der Waals surface area contributed by atoms with Gasteiger partial charge in [0.2, 0.25) is 11.8 Å². The van der Waals surface area contributed by atoms with E-state index in [1.54, 1.807) is 43.3 Å². The Labute approximate surface area is 255 Å². The van der Waals surface area contributed by atoms with Gasteiger partial charge in [0.25, 0.3) is 10.0 Å². The van der Waals surface area contributed by atoms with Crippen molar-refractivity contribution in [3.05, 3.63) is 95.3 Å². The number of nitrogens with zero attached hydrogens (tertiary/aromatic N) is 2. The van der Waals surface area contributed by atoms with Gasteiger partial charge in [-0.3, -0.25) is 13.9 Å². The number of rotatable bonds is 11. The van der Waals surface area contributed by atoms with Crippen LogP contribution in [0.2, 0.25) is 0 Å². The van der Waals surface area contributed by atoms with Crippen LogP contribution in [0.4, 0.5) is 10.1 Å². The molecule has 0 spiro atoms. The van der Waals surface area contributed by atoms with Gasteiger partial charge < -0.3 is 10.2 Å². The fourth-order valence-corrected chi connectivity index (χ4v) is 6.74. The van der Waals surface area contributed by atoms with Gasteiger partial charge in [-0.2, -0.15) is 0 Å². The molecule has 0 radical (unpaired) electrons. The van der Waals surface area contributed by atoms with Crippen LogP contribution in [0.25, 0.3) is 0 Å². The first-order chi connectivity index (χ1) is 20.5. The minimum absolute atomic E-state index is 0.0169. The number of anilines is 1. The van der Waals surface area contributed by atoms with Gasteiger partial charge in [0.05, 0.1) is 10.6 Å². The zero-order chi connectivity index (χ0) is 31.1. The normalized spacial score (nSPS) is 14.7. The highest BCUT2D eigenvalue weighted by atomic mass is 32.2. The number of carbonyl (C=O) groups excluding carboxylic acids is 2. The molecule has 3 aromatic rings. The van der Waals surface area contributed by atoms with Crippen molar-refractivity contribution in [2.75, 3.05) is 10.8 Å². The van der Waals surface area contributed by atoms with E-state index in [1.165, 1.54) is 29.2 Å². The number of nitrogens with one attached hydrogen (secondary N) is 1. The summed E-state index contributed by atoms with van der Waals surface area (Å²) in [5.41, 5.74) is 2.92. The van der Waals surface area contributed by atoms with Crippen LogP contribution in [0, 0.1) is 12.7 Å². The largest absolute Gasteiger partial charge is 0.352 e. The summed E-state index contributed by atoms with van der Waals surface area (Å²) >= 11 is 0. The van der Waals surface area contributed by atoms with Gasteiger partial charge in [0.1, 0.15) is 18.4 Å². The number of amides is 2. The van der Waals surface area contributed by atoms with E-state index in [-0.39, 0.29) is 29.3 Å². The Bertz CT molecular complexity index is 1480. The summed E-state index contributed by atoms with van der Waals surface area (Å²) in [4.78, 5) is 29.0. The first-order valence-corrected chi connectivity index (χ1v) is 16.4. The van der Waals surface area contributed by atoms with E-state index >= 15 is 0 Å². The van der Waals surface area contributed by atoms with Gasteiger partial charge in [-0.25, -0.2) is 12.8 Å². The molecule has 9 heteroatoms. The second-order valence-corrected chi connectivity index (χ2v) is 13.6. The number of carbonyl (C=O) groups is 2. The summed E-state index contributed by atoms with van der Waals surface area (Å²) in [6.45, 7) is 7.12. The third kappa shape index (κ3) is 8.22. The lowest BCUT2D eigenvalue weighted by atomic mass is 9.95. The summed E-state index contributed by atoms with van der Waals surface area (Å²) < 4.78 is 42.8.